The van der Waals surface area contributed by atoms with Gasteiger partial charge in [0.1, 0.15) is 11.2 Å². The third-order valence-corrected chi connectivity index (χ3v) is 4.02. The molecule has 0 radical (unpaired) electrons. The van der Waals surface area contributed by atoms with Crippen molar-refractivity contribution in [1.29, 1.82) is 0 Å². The van der Waals surface area contributed by atoms with E-state index in [1.54, 1.807) is 17.3 Å². The summed E-state index contributed by atoms with van der Waals surface area (Å²) in [5.41, 5.74) is 4.20. The second-order valence-electron chi connectivity index (χ2n) is 7.03. The number of hydrogen-bond donors (Lipinski definition) is 1. The highest BCUT2D eigenvalue weighted by Gasteiger charge is 2.40. The molecule has 0 saturated carbocycles. The SMILES string of the molecule is CC(C)(C)OC(=O)N1CCC2(C=C(c3ccncc3)NO2)CC1. The van der Waals surface area contributed by atoms with Crippen molar-refractivity contribution in [3.63, 3.8) is 0 Å². The van der Waals surface area contributed by atoms with Gasteiger partial charge in [-0.2, -0.15) is 0 Å². The first-order valence-corrected chi connectivity index (χ1v) is 7.92. The third-order valence-electron chi connectivity index (χ3n) is 4.02. The zero-order chi connectivity index (χ0) is 16.5. The number of piperidine rings is 1. The molecule has 1 spiro atoms. The summed E-state index contributed by atoms with van der Waals surface area (Å²) in [6.07, 6.45) is 6.87. The Hall–Kier alpha value is -2.08. The van der Waals surface area contributed by atoms with E-state index in [2.05, 4.69) is 16.5 Å². The standard InChI is InChI=1S/C17H23N3O3/c1-16(2,3)22-15(21)20-10-6-17(7-11-20)12-14(19-23-17)13-4-8-18-9-5-13/h4-5,8-9,12,19H,6-7,10-11H2,1-3H3. The maximum absolute atomic E-state index is 12.1. The fourth-order valence-corrected chi connectivity index (χ4v) is 2.79. The van der Waals surface area contributed by atoms with Gasteiger partial charge in [0.2, 0.25) is 0 Å². The van der Waals surface area contributed by atoms with Gasteiger partial charge in [0, 0.05) is 43.9 Å². The summed E-state index contributed by atoms with van der Waals surface area (Å²) >= 11 is 0. The van der Waals surface area contributed by atoms with Crippen LogP contribution in [0, 0.1) is 0 Å². The van der Waals surface area contributed by atoms with Crippen molar-refractivity contribution in [2.75, 3.05) is 13.1 Å². The highest BCUT2D eigenvalue weighted by atomic mass is 16.7. The van der Waals surface area contributed by atoms with E-state index < -0.39 is 5.60 Å². The lowest BCUT2D eigenvalue weighted by Gasteiger charge is -2.37. The molecular weight excluding hydrogens is 294 g/mol. The van der Waals surface area contributed by atoms with Crippen LogP contribution in [0.3, 0.4) is 0 Å². The zero-order valence-electron chi connectivity index (χ0n) is 13.8. The number of hydrogen-bond acceptors (Lipinski definition) is 5. The van der Waals surface area contributed by atoms with Crippen molar-refractivity contribution < 1.29 is 14.4 Å². The minimum atomic E-state index is -0.466. The number of ether oxygens (including phenoxy) is 1. The van der Waals surface area contributed by atoms with Crippen LogP contribution >= 0.6 is 0 Å². The smallest absolute Gasteiger partial charge is 0.410 e. The summed E-state index contributed by atoms with van der Waals surface area (Å²) in [4.78, 5) is 23.7. The molecule has 1 fully saturated rings. The lowest BCUT2D eigenvalue weighted by Crippen LogP contribution is -2.48. The number of pyridine rings is 1. The normalized spacial score (nSPS) is 20.1. The van der Waals surface area contributed by atoms with E-state index in [0.29, 0.717) is 13.1 Å². The Morgan fingerprint density at radius 1 is 1.30 bits per heavy atom. The minimum absolute atomic E-state index is 0.253. The van der Waals surface area contributed by atoms with Crippen LogP contribution in [0.2, 0.25) is 0 Å². The predicted molar refractivity (Wildman–Crippen MR) is 86.2 cm³/mol. The first kappa shape index (κ1) is 15.8. The van der Waals surface area contributed by atoms with Crippen molar-refractivity contribution in [3.8, 4) is 0 Å². The van der Waals surface area contributed by atoms with Crippen LogP contribution < -0.4 is 5.48 Å². The van der Waals surface area contributed by atoms with Gasteiger partial charge in [0.25, 0.3) is 0 Å². The molecule has 124 valence electrons. The predicted octanol–water partition coefficient (Wildman–Crippen LogP) is 2.73. The molecule has 3 heterocycles. The monoisotopic (exact) mass is 317 g/mol. The zero-order valence-corrected chi connectivity index (χ0v) is 13.8. The van der Waals surface area contributed by atoms with Gasteiger partial charge in [-0.3, -0.25) is 15.3 Å². The van der Waals surface area contributed by atoms with E-state index in [9.17, 15) is 4.79 Å². The number of rotatable bonds is 1. The number of hydroxylamine groups is 1. The summed E-state index contributed by atoms with van der Waals surface area (Å²) < 4.78 is 5.43. The molecule has 2 aliphatic rings. The summed E-state index contributed by atoms with van der Waals surface area (Å²) in [5.74, 6) is 0. The number of likely N-dealkylation sites (tertiary alicyclic amines) is 1. The summed E-state index contributed by atoms with van der Waals surface area (Å²) in [6, 6.07) is 3.88. The van der Waals surface area contributed by atoms with Crippen LogP contribution in [-0.2, 0) is 9.57 Å². The largest absolute Gasteiger partial charge is 0.444 e. The Labute approximate surface area is 136 Å². The van der Waals surface area contributed by atoms with Crippen molar-refractivity contribution in [2.45, 2.75) is 44.8 Å². The summed E-state index contributed by atoms with van der Waals surface area (Å²) in [6.45, 7) is 6.88. The minimum Gasteiger partial charge on any atom is -0.444 e. The van der Waals surface area contributed by atoms with Crippen LogP contribution in [0.25, 0.3) is 5.70 Å². The van der Waals surface area contributed by atoms with E-state index in [1.165, 1.54) is 0 Å². The van der Waals surface area contributed by atoms with Gasteiger partial charge in [-0.1, -0.05) is 0 Å². The second-order valence-corrected chi connectivity index (χ2v) is 7.03. The Bertz CT molecular complexity index is 599. The van der Waals surface area contributed by atoms with E-state index in [4.69, 9.17) is 9.57 Å². The fraction of sp³-hybridized carbons (Fsp3) is 0.529. The van der Waals surface area contributed by atoms with Gasteiger partial charge in [0.05, 0.1) is 5.70 Å². The number of nitrogens with zero attached hydrogens (tertiary/aromatic N) is 2. The second kappa shape index (κ2) is 5.85. The Balaban J connectivity index is 1.63. The maximum atomic E-state index is 12.1. The fourth-order valence-electron chi connectivity index (χ4n) is 2.79. The van der Waals surface area contributed by atoms with E-state index >= 15 is 0 Å². The Morgan fingerprint density at radius 2 is 1.96 bits per heavy atom. The molecule has 0 aromatic carbocycles. The van der Waals surface area contributed by atoms with Gasteiger partial charge in [-0.15, -0.1) is 0 Å². The molecule has 1 saturated heterocycles. The molecule has 0 bridgehead atoms. The van der Waals surface area contributed by atoms with Crippen molar-refractivity contribution >= 4 is 11.8 Å². The van der Waals surface area contributed by atoms with Gasteiger partial charge >= 0.3 is 6.09 Å². The van der Waals surface area contributed by atoms with Crippen LogP contribution in [0.4, 0.5) is 4.79 Å². The first-order valence-electron chi connectivity index (χ1n) is 7.92. The van der Waals surface area contributed by atoms with Crippen LogP contribution in [-0.4, -0.2) is 40.3 Å². The molecule has 1 aromatic heterocycles. The number of amides is 1. The summed E-state index contributed by atoms with van der Waals surface area (Å²) in [5, 5.41) is 0. The van der Waals surface area contributed by atoms with Crippen LogP contribution in [0.15, 0.2) is 30.6 Å². The molecule has 0 atom stereocenters. The van der Waals surface area contributed by atoms with E-state index in [1.807, 2.05) is 32.9 Å². The number of aromatic nitrogens is 1. The molecule has 6 heteroatoms. The topological polar surface area (TPSA) is 63.7 Å². The van der Waals surface area contributed by atoms with Gasteiger partial charge in [0.15, 0.2) is 0 Å². The van der Waals surface area contributed by atoms with E-state index in [-0.39, 0.29) is 11.7 Å². The summed E-state index contributed by atoms with van der Waals surface area (Å²) in [7, 11) is 0. The molecule has 3 rings (SSSR count). The first-order chi connectivity index (χ1) is 10.9. The third kappa shape index (κ3) is 3.64. The van der Waals surface area contributed by atoms with Crippen molar-refractivity contribution in [3.05, 3.63) is 36.2 Å². The van der Waals surface area contributed by atoms with Gasteiger partial charge in [-0.25, -0.2) is 4.79 Å². The van der Waals surface area contributed by atoms with E-state index in [0.717, 1.165) is 24.1 Å². The molecule has 1 aromatic rings. The van der Waals surface area contributed by atoms with Gasteiger partial charge < -0.3 is 9.64 Å². The molecular formula is C17H23N3O3. The average Bonchev–Trinajstić information content (AvgIpc) is 2.91. The Morgan fingerprint density at radius 3 is 2.57 bits per heavy atom. The molecule has 6 nitrogen and oxygen atoms in total. The number of carbonyl (C=O) groups excluding carboxylic acids is 1. The molecule has 2 aliphatic heterocycles. The van der Waals surface area contributed by atoms with Crippen molar-refractivity contribution in [1.82, 2.24) is 15.4 Å². The van der Waals surface area contributed by atoms with Crippen LogP contribution in [0.1, 0.15) is 39.2 Å². The average molecular weight is 317 g/mol. The van der Waals surface area contributed by atoms with Crippen molar-refractivity contribution in [2.24, 2.45) is 0 Å². The molecule has 1 amide bonds. The maximum Gasteiger partial charge on any atom is 0.410 e. The van der Waals surface area contributed by atoms with Crippen LogP contribution in [0.5, 0.6) is 0 Å². The molecule has 0 unspecified atom stereocenters. The quantitative estimate of drug-likeness (QED) is 0.863. The highest BCUT2D eigenvalue weighted by molar-refractivity contribution is 5.69. The lowest BCUT2D eigenvalue weighted by atomic mass is 9.90. The lowest BCUT2D eigenvalue weighted by molar-refractivity contribution is -0.0708. The molecule has 1 N–H and O–H groups in total. The number of nitrogens with one attached hydrogen (secondary N) is 1. The molecule has 0 aliphatic carbocycles. The molecule has 23 heavy (non-hydrogen) atoms. The number of carbonyl (C=O) groups is 1. The Kier molecular flexibility index (Phi) is 4.02. The highest BCUT2D eigenvalue weighted by Crippen LogP contribution is 2.34. The van der Waals surface area contributed by atoms with Gasteiger partial charge in [-0.05, 0) is 39.0 Å².